The Morgan fingerprint density at radius 3 is 2.52 bits per heavy atom. The highest BCUT2D eigenvalue weighted by Crippen LogP contribution is 2.27. The van der Waals surface area contributed by atoms with Crippen molar-refractivity contribution >= 4 is 39.5 Å². The normalized spacial score (nSPS) is 12.9. The van der Waals surface area contributed by atoms with Crippen molar-refractivity contribution in [1.29, 1.82) is 0 Å². The number of hydrogen-bond donors (Lipinski definition) is 3. The van der Waals surface area contributed by atoms with Gasteiger partial charge >= 0.3 is 5.97 Å². The van der Waals surface area contributed by atoms with Gasteiger partial charge in [0, 0.05) is 10.5 Å². The molecule has 1 aromatic carbocycles. The Balaban J connectivity index is 2.35. The van der Waals surface area contributed by atoms with E-state index in [4.69, 9.17) is 10.8 Å². The Labute approximate surface area is 136 Å². The van der Waals surface area contributed by atoms with Crippen molar-refractivity contribution < 1.29 is 19.5 Å². The molecule has 9 heteroatoms. The molecule has 2 heterocycles. The van der Waals surface area contributed by atoms with Crippen molar-refractivity contribution in [3.63, 3.8) is 0 Å². The highest BCUT2D eigenvalue weighted by molar-refractivity contribution is 9.10. The number of carbonyl (C=O) groups is 3. The number of carboxylic acids is 1. The lowest BCUT2D eigenvalue weighted by atomic mass is 10.1. The first-order chi connectivity index (χ1) is 10.8. The van der Waals surface area contributed by atoms with Crippen molar-refractivity contribution in [3.05, 3.63) is 55.8 Å². The van der Waals surface area contributed by atoms with Crippen molar-refractivity contribution in [2.24, 2.45) is 0 Å². The molecule has 23 heavy (non-hydrogen) atoms. The fourth-order valence-electron chi connectivity index (χ4n) is 2.34. The maximum atomic E-state index is 12.3. The van der Waals surface area contributed by atoms with E-state index in [0.717, 1.165) is 10.6 Å². The van der Waals surface area contributed by atoms with Crippen molar-refractivity contribution in [3.8, 4) is 5.69 Å². The summed E-state index contributed by atoms with van der Waals surface area (Å²) in [4.78, 5) is 46.8. The second kappa shape index (κ2) is 5.06. The molecule has 1 aliphatic rings. The SMILES string of the molecule is Nc1c2c(cc(=O)n1-c1cc(C(=O)O)ccc1Br)C(=O)NC2=O. The Morgan fingerprint density at radius 1 is 1.17 bits per heavy atom. The molecule has 0 atom stereocenters. The van der Waals surface area contributed by atoms with Crippen LogP contribution in [0.1, 0.15) is 31.1 Å². The average Bonchev–Trinajstić information content (AvgIpc) is 2.75. The number of aromatic carboxylic acids is 1. The summed E-state index contributed by atoms with van der Waals surface area (Å²) >= 11 is 3.22. The Bertz CT molecular complexity index is 964. The van der Waals surface area contributed by atoms with Gasteiger partial charge in [0.2, 0.25) is 0 Å². The summed E-state index contributed by atoms with van der Waals surface area (Å²) < 4.78 is 1.38. The second-order valence-corrected chi connectivity index (χ2v) is 5.60. The maximum Gasteiger partial charge on any atom is 0.335 e. The third kappa shape index (κ3) is 2.21. The van der Waals surface area contributed by atoms with Gasteiger partial charge in [0.05, 0.1) is 22.4 Å². The quantitative estimate of drug-likeness (QED) is 0.662. The van der Waals surface area contributed by atoms with Gasteiger partial charge in [-0.05, 0) is 34.1 Å². The molecule has 2 amide bonds. The van der Waals surface area contributed by atoms with Crippen molar-refractivity contribution in [1.82, 2.24) is 9.88 Å². The molecule has 0 bridgehead atoms. The molecular weight excluding hydrogens is 370 g/mol. The first-order valence-electron chi connectivity index (χ1n) is 6.25. The number of nitrogens with one attached hydrogen (secondary N) is 1. The Kier molecular flexibility index (Phi) is 3.29. The third-order valence-electron chi connectivity index (χ3n) is 3.39. The molecule has 0 radical (unpaired) electrons. The molecule has 1 aliphatic heterocycles. The first-order valence-corrected chi connectivity index (χ1v) is 7.05. The smallest absolute Gasteiger partial charge is 0.335 e. The molecule has 8 nitrogen and oxygen atoms in total. The maximum absolute atomic E-state index is 12.3. The number of amides is 2. The number of halogens is 1. The minimum absolute atomic E-state index is 0.0597. The van der Waals surface area contributed by atoms with Gasteiger partial charge < -0.3 is 10.8 Å². The van der Waals surface area contributed by atoms with Crippen LogP contribution in [0.5, 0.6) is 0 Å². The zero-order valence-electron chi connectivity index (χ0n) is 11.3. The number of rotatable bonds is 2. The number of nitrogens with zero attached hydrogens (tertiary/aromatic N) is 1. The minimum atomic E-state index is -1.18. The molecule has 1 aromatic heterocycles. The number of imide groups is 1. The number of hydrogen-bond acceptors (Lipinski definition) is 5. The molecular formula is C14H8BrN3O5. The number of benzene rings is 1. The third-order valence-corrected chi connectivity index (χ3v) is 4.06. The predicted molar refractivity (Wildman–Crippen MR) is 82.9 cm³/mol. The lowest BCUT2D eigenvalue weighted by Gasteiger charge is -2.14. The molecule has 0 saturated heterocycles. The molecule has 0 saturated carbocycles. The van der Waals surface area contributed by atoms with E-state index in [2.05, 4.69) is 21.2 Å². The van der Waals surface area contributed by atoms with Gasteiger partial charge in [-0.1, -0.05) is 0 Å². The van der Waals surface area contributed by atoms with E-state index in [0.29, 0.717) is 4.47 Å². The van der Waals surface area contributed by atoms with Crippen molar-refractivity contribution in [2.45, 2.75) is 0 Å². The zero-order valence-corrected chi connectivity index (χ0v) is 12.9. The topological polar surface area (TPSA) is 131 Å². The lowest BCUT2D eigenvalue weighted by molar-refractivity contribution is 0.0696. The van der Waals surface area contributed by atoms with E-state index in [1.54, 1.807) is 0 Å². The van der Waals surface area contributed by atoms with Gasteiger partial charge in [0.1, 0.15) is 5.82 Å². The molecule has 0 fully saturated rings. The van der Waals surface area contributed by atoms with E-state index in [9.17, 15) is 19.2 Å². The van der Waals surface area contributed by atoms with Crippen LogP contribution in [0.4, 0.5) is 5.82 Å². The molecule has 0 unspecified atom stereocenters. The van der Waals surface area contributed by atoms with Gasteiger partial charge in [-0.2, -0.15) is 0 Å². The van der Waals surface area contributed by atoms with Gasteiger partial charge in [-0.3, -0.25) is 24.3 Å². The number of carboxylic acid groups (broad SMARTS) is 1. The Hall–Kier alpha value is -2.94. The van der Waals surface area contributed by atoms with E-state index >= 15 is 0 Å². The summed E-state index contributed by atoms with van der Waals surface area (Å²) in [6.45, 7) is 0. The van der Waals surface area contributed by atoms with E-state index < -0.39 is 23.3 Å². The van der Waals surface area contributed by atoms with Crippen LogP contribution in [-0.2, 0) is 0 Å². The highest BCUT2D eigenvalue weighted by atomic mass is 79.9. The molecule has 116 valence electrons. The highest BCUT2D eigenvalue weighted by Gasteiger charge is 2.32. The molecule has 4 N–H and O–H groups in total. The van der Waals surface area contributed by atoms with Gasteiger partial charge in [0.15, 0.2) is 0 Å². The van der Waals surface area contributed by atoms with E-state index in [-0.39, 0.29) is 28.2 Å². The van der Waals surface area contributed by atoms with E-state index in [1.807, 2.05) is 0 Å². The van der Waals surface area contributed by atoms with Crippen LogP contribution >= 0.6 is 15.9 Å². The van der Waals surface area contributed by atoms with Crippen LogP contribution in [-0.4, -0.2) is 27.5 Å². The summed E-state index contributed by atoms with van der Waals surface area (Å²) in [5.74, 6) is -2.82. The van der Waals surface area contributed by atoms with Gasteiger partial charge in [-0.15, -0.1) is 0 Å². The summed E-state index contributed by atoms with van der Waals surface area (Å²) in [6, 6.07) is 5.03. The summed E-state index contributed by atoms with van der Waals surface area (Å²) in [6.07, 6.45) is 0. The first kappa shape index (κ1) is 15.0. The number of nitrogens with two attached hydrogens (primary N) is 1. The molecule has 3 rings (SSSR count). The van der Waals surface area contributed by atoms with Crippen LogP contribution < -0.4 is 16.6 Å². The van der Waals surface area contributed by atoms with Crippen molar-refractivity contribution in [2.75, 3.05) is 5.73 Å². The van der Waals surface area contributed by atoms with Gasteiger partial charge in [0.25, 0.3) is 17.4 Å². The summed E-state index contributed by atoms with van der Waals surface area (Å²) in [7, 11) is 0. The summed E-state index contributed by atoms with van der Waals surface area (Å²) in [5.41, 5.74) is 5.13. The molecule has 2 aromatic rings. The predicted octanol–water partition coefficient (Wildman–Crippen LogP) is 0.764. The summed E-state index contributed by atoms with van der Waals surface area (Å²) in [5, 5.41) is 11.1. The van der Waals surface area contributed by atoms with E-state index in [1.165, 1.54) is 18.2 Å². The van der Waals surface area contributed by atoms with Crippen LogP contribution in [0.25, 0.3) is 5.69 Å². The van der Waals surface area contributed by atoms with Crippen LogP contribution in [0, 0.1) is 0 Å². The molecule has 0 spiro atoms. The molecule has 0 aliphatic carbocycles. The standard InChI is InChI=1S/C14H8BrN3O5/c15-7-2-1-5(14(22)23)3-8(7)18-9(19)4-6-10(11(18)16)13(21)17-12(6)20/h1-4H,16H2,(H,22,23)(H,17,20,21). The van der Waals surface area contributed by atoms with Crippen LogP contribution in [0.2, 0.25) is 0 Å². The Morgan fingerprint density at radius 2 is 1.87 bits per heavy atom. The fraction of sp³-hybridized carbons (Fsp3) is 0. The number of fused-ring (bicyclic) bond motifs is 1. The number of carbonyl (C=O) groups excluding carboxylic acids is 2. The number of aromatic nitrogens is 1. The fourth-order valence-corrected chi connectivity index (χ4v) is 2.77. The zero-order chi connectivity index (χ0) is 16.9. The number of anilines is 1. The second-order valence-electron chi connectivity index (χ2n) is 4.75. The minimum Gasteiger partial charge on any atom is -0.478 e. The lowest BCUT2D eigenvalue weighted by Crippen LogP contribution is -2.24. The monoisotopic (exact) mass is 377 g/mol. The largest absolute Gasteiger partial charge is 0.478 e. The number of pyridine rings is 1. The van der Waals surface area contributed by atoms with Gasteiger partial charge in [-0.25, -0.2) is 4.79 Å². The van der Waals surface area contributed by atoms with Crippen LogP contribution in [0.3, 0.4) is 0 Å². The number of nitrogen functional groups attached to an aromatic ring is 1. The van der Waals surface area contributed by atoms with Crippen LogP contribution in [0.15, 0.2) is 33.5 Å². The average molecular weight is 378 g/mol.